The van der Waals surface area contributed by atoms with Crippen molar-refractivity contribution in [2.24, 2.45) is 0 Å². The first-order valence-corrected chi connectivity index (χ1v) is 8.38. The van der Waals surface area contributed by atoms with Crippen LogP contribution < -0.4 is 0 Å². The molecule has 21 heavy (non-hydrogen) atoms. The number of aryl methyl sites for hydroxylation is 1. The van der Waals surface area contributed by atoms with Crippen molar-refractivity contribution in [1.29, 1.82) is 0 Å². The zero-order valence-electron chi connectivity index (χ0n) is 11.8. The van der Waals surface area contributed by atoms with E-state index in [0.29, 0.717) is 23.4 Å². The Labute approximate surface area is 136 Å². The lowest BCUT2D eigenvalue weighted by molar-refractivity contribution is 0.0102. The van der Waals surface area contributed by atoms with Crippen molar-refractivity contribution in [2.45, 2.75) is 31.7 Å². The van der Waals surface area contributed by atoms with Crippen LogP contribution in [0, 0.1) is 5.82 Å². The quantitative estimate of drug-likeness (QED) is 0.750. The summed E-state index contributed by atoms with van der Waals surface area (Å²) in [6, 6.07) is 3.27. The minimum Gasteiger partial charge on any atom is -0.379 e. The SMILES string of the molecule is CC1(n2c(CCCl)nc3cc(Br)c(F)cc32)CCCOC1. The summed E-state index contributed by atoms with van der Waals surface area (Å²) in [5.74, 6) is 1.11. The van der Waals surface area contributed by atoms with Crippen molar-refractivity contribution in [3.05, 3.63) is 28.2 Å². The molecule has 1 saturated heterocycles. The maximum atomic E-state index is 14.0. The van der Waals surface area contributed by atoms with E-state index in [2.05, 4.69) is 32.4 Å². The fourth-order valence-corrected chi connectivity index (χ4v) is 3.57. The van der Waals surface area contributed by atoms with E-state index in [4.69, 9.17) is 16.3 Å². The van der Waals surface area contributed by atoms with Crippen molar-refractivity contribution in [2.75, 3.05) is 19.1 Å². The minimum atomic E-state index is -0.276. The smallest absolute Gasteiger partial charge is 0.139 e. The molecule has 0 saturated carbocycles. The lowest BCUT2D eigenvalue weighted by atomic mass is 9.94. The number of rotatable bonds is 3. The number of ether oxygens (including phenoxy) is 1. The van der Waals surface area contributed by atoms with Gasteiger partial charge in [0.25, 0.3) is 0 Å². The molecule has 0 aliphatic carbocycles. The third-order valence-electron chi connectivity index (χ3n) is 4.04. The van der Waals surface area contributed by atoms with Crippen LogP contribution in [0.1, 0.15) is 25.6 Å². The normalized spacial score (nSPS) is 22.9. The predicted molar refractivity (Wildman–Crippen MR) is 85.5 cm³/mol. The molecule has 2 aromatic rings. The molecule has 6 heteroatoms. The fraction of sp³-hybridized carbons (Fsp3) is 0.533. The molecular weight excluding hydrogens is 359 g/mol. The Bertz CT molecular complexity index is 667. The number of aromatic nitrogens is 2. The lowest BCUT2D eigenvalue weighted by Gasteiger charge is -2.36. The third kappa shape index (κ3) is 2.71. The van der Waals surface area contributed by atoms with E-state index in [1.54, 1.807) is 12.1 Å². The summed E-state index contributed by atoms with van der Waals surface area (Å²) in [5, 5.41) is 0. The Morgan fingerprint density at radius 2 is 2.33 bits per heavy atom. The number of hydrogen-bond donors (Lipinski definition) is 0. The molecule has 1 aliphatic heterocycles. The third-order valence-corrected chi connectivity index (χ3v) is 4.84. The van der Waals surface area contributed by atoms with Crippen molar-refractivity contribution in [3.63, 3.8) is 0 Å². The highest BCUT2D eigenvalue weighted by atomic mass is 79.9. The van der Waals surface area contributed by atoms with Gasteiger partial charge in [0.1, 0.15) is 11.6 Å². The van der Waals surface area contributed by atoms with Crippen LogP contribution in [0.2, 0.25) is 0 Å². The van der Waals surface area contributed by atoms with E-state index < -0.39 is 0 Å². The van der Waals surface area contributed by atoms with Crippen molar-refractivity contribution in [3.8, 4) is 0 Å². The Morgan fingerprint density at radius 1 is 1.52 bits per heavy atom. The first-order valence-electron chi connectivity index (χ1n) is 7.06. The number of alkyl halides is 1. The van der Waals surface area contributed by atoms with Gasteiger partial charge >= 0.3 is 0 Å². The Balaban J connectivity index is 2.22. The number of nitrogens with zero attached hydrogens (tertiary/aromatic N) is 2. The highest BCUT2D eigenvalue weighted by Crippen LogP contribution is 2.34. The van der Waals surface area contributed by atoms with Gasteiger partial charge in [-0.1, -0.05) is 0 Å². The van der Waals surface area contributed by atoms with E-state index in [0.717, 1.165) is 36.3 Å². The summed E-state index contributed by atoms with van der Waals surface area (Å²) < 4.78 is 22.2. The standard InChI is InChI=1S/C15H17BrClFN2O/c1-15(4-2-6-21-9-15)20-13-8-11(18)10(16)7-12(13)19-14(20)3-5-17/h7-8H,2-6,9H2,1H3. The summed E-state index contributed by atoms with van der Waals surface area (Å²) in [6.07, 6.45) is 2.64. The van der Waals surface area contributed by atoms with Gasteiger partial charge in [-0.3, -0.25) is 0 Å². The second-order valence-electron chi connectivity index (χ2n) is 5.71. The number of halogens is 3. The molecular formula is C15H17BrClFN2O. The summed E-state index contributed by atoms with van der Waals surface area (Å²) in [6.45, 7) is 3.54. The number of benzene rings is 1. The van der Waals surface area contributed by atoms with E-state index in [9.17, 15) is 4.39 Å². The van der Waals surface area contributed by atoms with E-state index in [1.165, 1.54) is 0 Å². The van der Waals surface area contributed by atoms with Gasteiger partial charge < -0.3 is 9.30 Å². The largest absolute Gasteiger partial charge is 0.379 e. The van der Waals surface area contributed by atoms with E-state index in [-0.39, 0.29) is 11.4 Å². The molecule has 1 atom stereocenters. The van der Waals surface area contributed by atoms with Gasteiger partial charge in [0.05, 0.1) is 27.7 Å². The second kappa shape index (κ2) is 5.86. The average Bonchev–Trinajstić information content (AvgIpc) is 2.78. The minimum absolute atomic E-state index is 0.200. The molecule has 1 aromatic carbocycles. The highest BCUT2D eigenvalue weighted by molar-refractivity contribution is 9.10. The van der Waals surface area contributed by atoms with Crippen LogP contribution in [0.4, 0.5) is 4.39 Å². The summed E-state index contributed by atoms with van der Waals surface area (Å²) in [4.78, 5) is 4.65. The van der Waals surface area contributed by atoms with E-state index in [1.807, 2.05) is 0 Å². The second-order valence-corrected chi connectivity index (χ2v) is 6.94. The summed E-state index contributed by atoms with van der Waals surface area (Å²) in [7, 11) is 0. The predicted octanol–water partition coefficient (Wildman–Crippen LogP) is 4.24. The van der Waals surface area contributed by atoms with Crippen LogP contribution in [0.3, 0.4) is 0 Å². The number of imidazole rings is 1. The van der Waals surface area contributed by atoms with Crippen LogP contribution >= 0.6 is 27.5 Å². The molecule has 0 radical (unpaired) electrons. The summed E-state index contributed by atoms with van der Waals surface area (Å²) in [5.41, 5.74) is 1.40. The first kappa shape index (κ1) is 15.3. The van der Waals surface area contributed by atoms with Crippen LogP contribution in [0.15, 0.2) is 16.6 Å². The Hall–Kier alpha value is -0.650. The zero-order valence-corrected chi connectivity index (χ0v) is 14.2. The molecule has 1 fully saturated rings. The molecule has 0 N–H and O–H groups in total. The van der Waals surface area contributed by atoms with Gasteiger partial charge in [-0.15, -0.1) is 11.6 Å². The molecule has 1 aromatic heterocycles. The average molecular weight is 376 g/mol. The monoisotopic (exact) mass is 374 g/mol. The molecule has 0 bridgehead atoms. The van der Waals surface area contributed by atoms with Gasteiger partial charge in [-0.05, 0) is 41.8 Å². The first-order chi connectivity index (χ1) is 10.0. The molecule has 1 unspecified atom stereocenters. The number of hydrogen-bond acceptors (Lipinski definition) is 2. The Morgan fingerprint density at radius 3 is 3.00 bits per heavy atom. The van der Waals surface area contributed by atoms with Crippen molar-refractivity contribution in [1.82, 2.24) is 9.55 Å². The molecule has 3 rings (SSSR count). The van der Waals surface area contributed by atoms with Gasteiger partial charge in [0.2, 0.25) is 0 Å². The molecule has 114 valence electrons. The molecule has 2 heterocycles. The molecule has 0 amide bonds. The summed E-state index contributed by atoms with van der Waals surface area (Å²) >= 11 is 9.14. The van der Waals surface area contributed by atoms with Gasteiger partial charge in [-0.25, -0.2) is 9.37 Å². The highest BCUT2D eigenvalue weighted by Gasteiger charge is 2.33. The lowest BCUT2D eigenvalue weighted by Crippen LogP contribution is -2.40. The molecule has 0 spiro atoms. The Kier molecular flexibility index (Phi) is 4.26. The topological polar surface area (TPSA) is 27.1 Å². The van der Waals surface area contributed by atoms with Crippen LogP contribution in [-0.4, -0.2) is 28.6 Å². The number of fused-ring (bicyclic) bond motifs is 1. The van der Waals surface area contributed by atoms with Crippen molar-refractivity contribution >= 4 is 38.6 Å². The van der Waals surface area contributed by atoms with Crippen molar-refractivity contribution < 1.29 is 9.13 Å². The van der Waals surface area contributed by atoms with Crippen LogP contribution in [0.25, 0.3) is 11.0 Å². The van der Waals surface area contributed by atoms with Gasteiger partial charge in [-0.2, -0.15) is 0 Å². The van der Waals surface area contributed by atoms with Crippen LogP contribution in [-0.2, 0) is 16.7 Å². The van der Waals surface area contributed by atoms with Crippen LogP contribution in [0.5, 0.6) is 0 Å². The van der Waals surface area contributed by atoms with Gasteiger partial charge in [0, 0.05) is 25.0 Å². The molecule has 3 nitrogen and oxygen atoms in total. The zero-order chi connectivity index (χ0) is 15.0. The fourth-order valence-electron chi connectivity index (χ4n) is 3.07. The van der Waals surface area contributed by atoms with E-state index >= 15 is 0 Å². The molecule has 1 aliphatic rings. The maximum absolute atomic E-state index is 14.0. The maximum Gasteiger partial charge on any atom is 0.139 e. The van der Waals surface area contributed by atoms with Gasteiger partial charge in [0.15, 0.2) is 0 Å².